The number of nitrogens with zero attached hydrogens (tertiary/aromatic N) is 1. The lowest BCUT2D eigenvalue weighted by Crippen LogP contribution is -2.28. The molecule has 0 spiro atoms. The van der Waals surface area contributed by atoms with E-state index in [1.54, 1.807) is 7.11 Å². The number of hydrogen-bond donors (Lipinski definition) is 0. The minimum Gasteiger partial charge on any atom is -0.468 e. The molecule has 1 unspecified atom stereocenters. The highest BCUT2D eigenvalue weighted by Gasteiger charge is 2.22. The van der Waals surface area contributed by atoms with Crippen LogP contribution in [0.5, 0.6) is 5.75 Å². The van der Waals surface area contributed by atoms with E-state index in [1.807, 2.05) is 48.5 Å². The molecule has 0 saturated carbocycles. The van der Waals surface area contributed by atoms with E-state index in [0.717, 1.165) is 23.3 Å². The average Bonchev–Trinajstić information content (AvgIpc) is 2.66. The van der Waals surface area contributed by atoms with E-state index in [9.17, 15) is 0 Å². The van der Waals surface area contributed by atoms with Gasteiger partial charge in [-0.1, -0.05) is 38.1 Å². The molecule has 0 saturated heterocycles. The number of benzene rings is 2. The number of nitriles is 1. The molecule has 2 rings (SSSR count). The van der Waals surface area contributed by atoms with E-state index in [-0.39, 0.29) is 12.2 Å². The predicted molar refractivity (Wildman–Crippen MR) is 98.3 cm³/mol. The fourth-order valence-corrected chi connectivity index (χ4v) is 2.47. The molecule has 0 fully saturated rings. The SMILES string of the molecule is CCC(C)(COC)COCOc1ccc(-c2ccc(C#N)cc2)cc1. The third-order valence-electron chi connectivity index (χ3n) is 4.31. The maximum atomic E-state index is 8.85. The van der Waals surface area contributed by atoms with Crippen molar-refractivity contribution in [3.63, 3.8) is 0 Å². The first-order chi connectivity index (χ1) is 12.1. The molecule has 2 aromatic carbocycles. The van der Waals surface area contributed by atoms with Crippen molar-refractivity contribution >= 4 is 0 Å². The van der Waals surface area contributed by atoms with Crippen molar-refractivity contribution in [1.82, 2.24) is 0 Å². The Morgan fingerprint density at radius 1 is 0.960 bits per heavy atom. The zero-order valence-corrected chi connectivity index (χ0v) is 15.1. The van der Waals surface area contributed by atoms with Crippen molar-refractivity contribution in [3.8, 4) is 22.9 Å². The lowest BCUT2D eigenvalue weighted by Gasteiger charge is -2.26. The summed E-state index contributed by atoms with van der Waals surface area (Å²) >= 11 is 0. The smallest absolute Gasteiger partial charge is 0.189 e. The topological polar surface area (TPSA) is 51.5 Å². The van der Waals surface area contributed by atoms with Crippen LogP contribution in [0.4, 0.5) is 0 Å². The van der Waals surface area contributed by atoms with Crippen LogP contribution in [-0.2, 0) is 9.47 Å². The normalized spacial score (nSPS) is 13.0. The summed E-state index contributed by atoms with van der Waals surface area (Å²) in [7, 11) is 1.71. The van der Waals surface area contributed by atoms with Gasteiger partial charge in [0.1, 0.15) is 5.75 Å². The maximum absolute atomic E-state index is 8.85. The molecule has 4 heteroatoms. The molecular weight excluding hydrogens is 314 g/mol. The maximum Gasteiger partial charge on any atom is 0.189 e. The van der Waals surface area contributed by atoms with Crippen molar-refractivity contribution in [2.24, 2.45) is 5.41 Å². The first kappa shape index (κ1) is 19.0. The largest absolute Gasteiger partial charge is 0.468 e. The zero-order chi connectivity index (χ0) is 18.1. The molecule has 4 nitrogen and oxygen atoms in total. The number of methoxy groups -OCH3 is 1. The fourth-order valence-electron chi connectivity index (χ4n) is 2.47. The molecule has 0 aromatic heterocycles. The summed E-state index contributed by atoms with van der Waals surface area (Å²) < 4.78 is 16.5. The van der Waals surface area contributed by atoms with E-state index < -0.39 is 0 Å². The van der Waals surface area contributed by atoms with Crippen LogP contribution in [-0.4, -0.2) is 27.1 Å². The molecule has 0 radical (unpaired) electrons. The molecular formula is C21H25NO3. The van der Waals surface area contributed by atoms with E-state index in [2.05, 4.69) is 19.9 Å². The summed E-state index contributed by atoms with van der Waals surface area (Å²) in [6.45, 7) is 5.76. The van der Waals surface area contributed by atoms with Crippen molar-refractivity contribution in [3.05, 3.63) is 54.1 Å². The molecule has 0 aliphatic heterocycles. The summed E-state index contributed by atoms with van der Waals surface area (Å²) in [4.78, 5) is 0. The standard InChI is InChI=1S/C21H25NO3/c1-4-21(2,14-23-3)15-24-16-25-20-11-9-19(10-12-20)18-7-5-17(13-22)6-8-18/h5-12H,4,14-16H2,1-3H3. The van der Waals surface area contributed by atoms with Gasteiger partial charge in [0.15, 0.2) is 6.79 Å². The highest BCUT2D eigenvalue weighted by Crippen LogP contribution is 2.24. The molecule has 0 N–H and O–H groups in total. The summed E-state index contributed by atoms with van der Waals surface area (Å²) in [5, 5.41) is 8.85. The van der Waals surface area contributed by atoms with Crippen LogP contribution in [0.15, 0.2) is 48.5 Å². The van der Waals surface area contributed by atoms with Gasteiger partial charge in [0.05, 0.1) is 24.8 Å². The average molecular weight is 339 g/mol. The molecule has 0 bridgehead atoms. The monoisotopic (exact) mass is 339 g/mol. The minimum atomic E-state index is 0.0115. The summed E-state index contributed by atoms with van der Waals surface area (Å²) in [5.74, 6) is 0.766. The molecule has 0 heterocycles. The van der Waals surface area contributed by atoms with Crippen LogP contribution in [0, 0.1) is 16.7 Å². The van der Waals surface area contributed by atoms with Gasteiger partial charge in [-0.25, -0.2) is 0 Å². The Morgan fingerprint density at radius 2 is 1.56 bits per heavy atom. The van der Waals surface area contributed by atoms with Crippen molar-refractivity contribution in [2.75, 3.05) is 27.1 Å². The Morgan fingerprint density at radius 3 is 2.08 bits per heavy atom. The van der Waals surface area contributed by atoms with Crippen LogP contribution in [0.1, 0.15) is 25.8 Å². The van der Waals surface area contributed by atoms with Gasteiger partial charge in [-0.2, -0.15) is 5.26 Å². The van der Waals surface area contributed by atoms with Crippen LogP contribution in [0.3, 0.4) is 0 Å². The van der Waals surface area contributed by atoms with E-state index >= 15 is 0 Å². The summed E-state index contributed by atoms with van der Waals surface area (Å²) in [5.41, 5.74) is 2.82. The van der Waals surface area contributed by atoms with Crippen molar-refractivity contribution in [2.45, 2.75) is 20.3 Å². The van der Waals surface area contributed by atoms with Gasteiger partial charge in [-0.3, -0.25) is 0 Å². The third kappa shape index (κ3) is 5.60. The molecule has 0 amide bonds. The van der Waals surface area contributed by atoms with E-state index in [0.29, 0.717) is 18.8 Å². The van der Waals surface area contributed by atoms with Crippen LogP contribution in [0.25, 0.3) is 11.1 Å². The zero-order valence-electron chi connectivity index (χ0n) is 15.1. The third-order valence-corrected chi connectivity index (χ3v) is 4.31. The first-order valence-electron chi connectivity index (χ1n) is 8.40. The fraction of sp³-hybridized carbons (Fsp3) is 0.381. The second kappa shape index (κ2) is 9.22. The number of hydrogen-bond acceptors (Lipinski definition) is 4. The van der Waals surface area contributed by atoms with Crippen molar-refractivity contribution in [1.29, 1.82) is 5.26 Å². The Bertz CT molecular complexity index is 689. The predicted octanol–water partition coefficient (Wildman–Crippen LogP) is 4.64. The second-order valence-corrected chi connectivity index (χ2v) is 6.42. The number of ether oxygens (including phenoxy) is 3. The Kier molecular flexibility index (Phi) is 7.00. The Hall–Kier alpha value is -2.35. The highest BCUT2D eigenvalue weighted by atomic mass is 16.7. The minimum absolute atomic E-state index is 0.0115. The molecule has 0 aliphatic carbocycles. The lowest BCUT2D eigenvalue weighted by atomic mass is 9.90. The lowest BCUT2D eigenvalue weighted by molar-refractivity contribution is -0.0499. The highest BCUT2D eigenvalue weighted by molar-refractivity contribution is 5.64. The van der Waals surface area contributed by atoms with Gasteiger partial charge in [0.25, 0.3) is 0 Å². The first-order valence-corrected chi connectivity index (χ1v) is 8.40. The second-order valence-electron chi connectivity index (χ2n) is 6.42. The summed E-state index contributed by atoms with van der Waals surface area (Å²) in [6.07, 6.45) is 0.986. The molecule has 25 heavy (non-hydrogen) atoms. The number of rotatable bonds is 9. The Labute approximate surface area is 150 Å². The van der Waals surface area contributed by atoms with Gasteiger partial charge < -0.3 is 14.2 Å². The molecule has 0 aliphatic rings. The van der Waals surface area contributed by atoms with Crippen LogP contribution < -0.4 is 4.74 Å². The molecule has 2 aromatic rings. The summed E-state index contributed by atoms with van der Waals surface area (Å²) in [6, 6.07) is 17.5. The van der Waals surface area contributed by atoms with Crippen molar-refractivity contribution < 1.29 is 14.2 Å². The molecule has 1 atom stereocenters. The van der Waals surface area contributed by atoms with Gasteiger partial charge in [0, 0.05) is 12.5 Å². The van der Waals surface area contributed by atoms with Crippen LogP contribution >= 0.6 is 0 Å². The van der Waals surface area contributed by atoms with Gasteiger partial charge in [0.2, 0.25) is 0 Å². The van der Waals surface area contributed by atoms with E-state index in [4.69, 9.17) is 19.5 Å². The Balaban J connectivity index is 1.85. The van der Waals surface area contributed by atoms with E-state index in [1.165, 1.54) is 0 Å². The van der Waals surface area contributed by atoms with Crippen LogP contribution in [0.2, 0.25) is 0 Å². The van der Waals surface area contributed by atoms with Gasteiger partial charge in [-0.15, -0.1) is 0 Å². The molecule has 132 valence electrons. The van der Waals surface area contributed by atoms with Gasteiger partial charge >= 0.3 is 0 Å². The van der Waals surface area contributed by atoms with Gasteiger partial charge in [-0.05, 0) is 41.8 Å². The quantitative estimate of drug-likeness (QED) is 0.493.